The van der Waals surface area contributed by atoms with Gasteiger partial charge in [-0.05, 0) is 48.2 Å². The molecule has 0 saturated carbocycles. The van der Waals surface area contributed by atoms with Gasteiger partial charge < -0.3 is 14.6 Å². The number of amides is 2. The Balaban J connectivity index is 1.35. The normalized spacial score (nSPS) is 16.3. The summed E-state index contributed by atoms with van der Waals surface area (Å²) in [5.74, 6) is 0.695. The van der Waals surface area contributed by atoms with E-state index in [1.165, 1.54) is 5.56 Å². The lowest BCUT2D eigenvalue weighted by atomic mass is 9.92. The van der Waals surface area contributed by atoms with E-state index in [9.17, 15) is 9.59 Å². The first-order valence-electron chi connectivity index (χ1n) is 11.6. The number of carbonyl (C=O) groups excluding carboxylic acids is 2. The van der Waals surface area contributed by atoms with Gasteiger partial charge in [-0.1, -0.05) is 37.3 Å². The highest BCUT2D eigenvalue weighted by Gasteiger charge is 2.31. The number of carbonyl (C=O) groups is 2. The van der Waals surface area contributed by atoms with Crippen molar-refractivity contribution in [1.82, 2.24) is 20.4 Å². The Bertz CT molecular complexity index is 1320. The summed E-state index contributed by atoms with van der Waals surface area (Å²) in [6.07, 6.45) is 4.37. The van der Waals surface area contributed by atoms with Crippen LogP contribution in [0, 0.1) is 6.92 Å². The maximum atomic E-state index is 13.4. The average molecular weight is 457 g/mol. The molecular weight excluding hydrogens is 428 g/mol. The molecule has 0 fully saturated rings. The van der Waals surface area contributed by atoms with E-state index in [1.807, 2.05) is 55.1 Å². The van der Waals surface area contributed by atoms with Crippen LogP contribution in [0.1, 0.15) is 52.1 Å². The molecule has 0 saturated heterocycles. The molecule has 34 heavy (non-hydrogen) atoms. The van der Waals surface area contributed by atoms with Gasteiger partial charge >= 0.3 is 0 Å². The number of benzene rings is 2. The third-order valence-corrected chi connectivity index (χ3v) is 6.74. The van der Waals surface area contributed by atoms with Gasteiger partial charge in [0, 0.05) is 30.8 Å². The van der Waals surface area contributed by atoms with Crippen LogP contribution in [0.5, 0.6) is 0 Å². The molecule has 3 heterocycles. The van der Waals surface area contributed by atoms with Gasteiger partial charge in [0.15, 0.2) is 0 Å². The monoisotopic (exact) mass is 456 g/mol. The fourth-order valence-electron chi connectivity index (χ4n) is 4.84. The summed E-state index contributed by atoms with van der Waals surface area (Å²) in [6.45, 7) is 4.84. The number of aromatic nitrogens is 2. The third-order valence-electron chi connectivity index (χ3n) is 6.74. The number of furan rings is 1. The van der Waals surface area contributed by atoms with Gasteiger partial charge in [0.05, 0.1) is 29.6 Å². The van der Waals surface area contributed by atoms with Crippen molar-refractivity contribution in [2.75, 3.05) is 6.54 Å². The molecule has 0 radical (unpaired) electrons. The largest absolute Gasteiger partial charge is 0.469 e. The Morgan fingerprint density at radius 3 is 2.79 bits per heavy atom. The molecule has 2 aromatic heterocycles. The van der Waals surface area contributed by atoms with Crippen LogP contribution in [0.4, 0.5) is 0 Å². The highest BCUT2D eigenvalue weighted by Crippen LogP contribution is 2.27. The van der Waals surface area contributed by atoms with Gasteiger partial charge in [-0.2, -0.15) is 5.10 Å². The van der Waals surface area contributed by atoms with Crippen molar-refractivity contribution in [3.63, 3.8) is 0 Å². The van der Waals surface area contributed by atoms with Gasteiger partial charge in [0.1, 0.15) is 5.76 Å². The van der Waals surface area contributed by atoms with E-state index in [0.29, 0.717) is 31.5 Å². The van der Waals surface area contributed by atoms with Gasteiger partial charge in [-0.15, -0.1) is 0 Å². The number of fused-ring (bicyclic) bond motifs is 2. The zero-order valence-corrected chi connectivity index (χ0v) is 19.4. The van der Waals surface area contributed by atoms with Gasteiger partial charge in [-0.3, -0.25) is 14.7 Å². The van der Waals surface area contributed by atoms with Crippen molar-refractivity contribution in [1.29, 1.82) is 0 Å². The van der Waals surface area contributed by atoms with Crippen molar-refractivity contribution in [3.8, 4) is 0 Å². The summed E-state index contributed by atoms with van der Waals surface area (Å²) in [4.78, 5) is 28.5. The predicted molar refractivity (Wildman–Crippen MR) is 129 cm³/mol. The van der Waals surface area contributed by atoms with E-state index in [-0.39, 0.29) is 23.8 Å². The maximum absolute atomic E-state index is 13.4. The number of rotatable bonds is 6. The zero-order valence-electron chi connectivity index (χ0n) is 19.4. The number of hydrogen-bond donors (Lipinski definition) is 2. The molecule has 2 atom stereocenters. The van der Waals surface area contributed by atoms with Crippen LogP contribution in [0.2, 0.25) is 0 Å². The SMILES string of the molecule is Cc1ccc2[nH]ncc2c1C(=O)NCC1Cc2ccccc2CN1C(=O)CC(C)c1ccco1. The van der Waals surface area contributed by atoms with Crippen LogP contribution >= 0.6 is 0 Å². The Hall–Kier alpha value is -3.87. The molecule has 0 bridgehead atoms. The molecule has 2 unspecified atom stereocenters. The van der Waals surface area contributed by atoms with Crippen LogP contribution in [0.3, 0.4) is 0 Å². The molecular formula is C27H28N4O3. The standard InChI is InChI=1S/C27H28N4O3/c1-17-9-10-23-22(15-29-30-23)26(17)27(33)28-14-21-13-19-6-3-4-7-20(19)16-31(21)25(32)12-18(2)24-8-5-11-34-24/h3-11,15,18,21H,12-14,16H2,1-2H3,(H,28,33)(H,29,30). The number of H-pyrrole nitrogens is 1. The second-order valence-electron chi connectivity index (χ2n) is 9.07. The van der Waals surface area contributed by atoms with Crippen LogP contribution in [-0.2, 0) is 17.8 Å². The van der Waals surface area contributed by atoms with Crippen LogP contribution in [0.25, 0.3) is 10.9 Å². The third kappa shape index (κ3) is 4.21. The number of hydrogen-bond acceptors (Lipinski definition) is 4. The first-order chi connectivity index (χ1) is 16.5. The van der Waals surface area contributed by atoms with Gasteiger partial charge in [-0.25, -0.2) is 0 Å². The number of nitrogens with one attached hydrogen (secondary N) is 2. The Morgan fingerprint density at radius 2 is 2.00 bits per heavy atom. The first kappa shape index (κ1) is 21.9. The topological polar surface area (TPSA) is 91.2 Å². The van der Waals surface area contributed by atoms with E-state index in [4.69, 9.17) is 4.42 Å². The molecule has 4 aromatic rings. The summed E-state index contributed by atoms with van der Waals surface area (Å²) < 4.78 is 5.50. The Kier molecular flexibility index (Phi) is 5.92. The van der Waals surface area contributed by atoms with E-state index < -0.39 is 0 Å². The summed E-state index contributed by atoms with van der Waals surface area (Å²) in [6, 6.07) is 15.7. The fourth-order valence-corrected chi connectivity index (χ4v) is 4.84. The lowest BCUT2D eigenvalue weighted by molar-refractivity contribution is -0.135. The molecule has 2 aromatic carbocycles. The maximum Gasteiger partial charge on any atom is 0.252 e. The second-order valence-corrected chi connectivity index (χ2v) is 9.07. The molecule has 1 aliphatic heterocycles. The first-order valence-corrected chi connectivity index (χ1v) is 11.6. The minimum absolute atomic E-state index is 0.0174. The van der Waals surface area contributed by atoms with E-state index in [1.54, 1.807) is 12.5 Å². The van der Waals surface area contributed by atoms with Crippen molar-refractivity contribution in [3.05, 3.63) is 89.0 Å². The molecule has 0 spiro atoms. The van der Waals surface area contributed by atoms with Crippen LogP contribution < -0.4 is 5.32 Å². The molecule has 0 aliphatic carbocycles. The highest BCUT2D eigenvalue weighted by molar-refractivity contribution is 6.07. The molecule has 5 rings (SSSR count). The summed E-state index contributed by atoms with van der Waals surface area (Å²) >= 11 is 0. The molecule has 1 aliphatic rings. The summed E-state index contributed by atoms with van der Waals surface area (Å²) in [7, 11) is 0. The smallest absolute Gasteiger partial charge is 0.252 e. The number of nitrogens with zero attached hydrogens (tertiary/aromatic N) is 2. The minimum atomic E-state index is -0.153. The quantitative estimate of drug-likeness (QED) is 0.452. The van der Waals surface area contributed by atoms with Crippen LogP contribution in [0.15, 0.2) is 65.4 Å². The average Bonchev–Trinajstić information content (AvgIpc) is 3.54. The zero-order chi connectivity index (χ0) is 23.7. The van der Waals surface area contributed by atoms with Gasteiger partial charge in [0.25, 0.3) is 5.91 Å². The number of aryl methyl sites for hydroxylation is 1. The summed E-state index contributed by atoms with van der Waals surface area (Å²) in [5.41, 5.74) is 4.71. The molecule has 7 nitrogen and oxygen atoms in total. The van der Waals surface area contributed by atoms with Crippen molar-refractivity contribution in [2.24, 2.45) is 0 Å². The van der Waals surface area contributed by atoms with E-state index >= 15 is 0 Å². The second kappa shape index (κ2) is 9.17. The predicted octanol–water partition coefficient (Wildman–Crippen LogP) is 4.34. The summed E-state index contributed by atoms with van der Waals surface area (Å²) in [5, 5.41) is 10.9. The fraction of sp³-hybridized carbons (Fsp3) is 0.296. The molecule has 174 valence electrons. The highest BCUT2D eigenvalue weighted by atomic mass is 16.3. The van der Waals surface area contributed by atoms with E-state index in [0.717, 1.165) is 27.8 Å². The van der Waals surface area contributed by atoms with Crippen molar-refractivity contribution >= 4 is 22.7 Å². The lowest BCUT2D eigenvalue weighted by Gasteiger charge is -2.37. The molecule has 2 amide bonds. The Morgan fingerprint density at radius 1 is 1.18 bits per heavy atom. The van der Waals surface area contributed by atoms with Crippen molar-refractivity contribution in [2.45, 2.75) is 45.2 Å². The molecule has 7 heteroatoms. The van der Waals surface area contributed by atoms with Crippen molar-refractivity contribution < 1.29 is 14.0 Å². The minimum Gasteiger partial charge on any atom is -0.469 e. The van der Waals surface area contributed by atoms with Crippen LogP contribution in [-0.4, -0.2) is 39.5 Å². The van der Waals surface area contributed by atoms with Gasteiger partial charge in [0.2, 0.25) is 5.91 Å². The van der Waals surface area contributed by atoms with E-state index in [2.05, 4.69) is 27.6 Å². The lowest BCUT2D eigenvalue weighted by Crippen LogP contribution is -2.50. The number of aromatic amines is 1. The molecule has 2 N–H and O–H groups in total. The Labute approximate surface area is 198 Å².